The third-order valence-corrected chi connectivity index (χ3v) is 5.51. The van der Waals surface area contributed by atoms with Gasteiger partial charge in [-0.2, -0.15) is 10.4 Å². The first-order valence-corrected chi connectivity index (χ1v) is 9.49. The van der Waals surface area contributed by atoms with Crippen LogP contribution in [0.2, 0.25) is 0 Å². The molecular weight excluding hydrogens is 387 g/mol. The number of nitriles is 1. The van der Waals surface area contributed by atoms with Crippen molar-refractivity contribution in [3.05, 3.63) is 58.9 Å². The summed E-state index contributed by atoms with van der Waals surface area (Å²) in [6.45, 7) is 0.853. The molecule has 0 bridgehead atoms. The van der Waals surface area contributed by atoms with E-state index in [1.165, 1.54) is 12.3 Å². The fourth-order valence-electron chi connectivity index (χ4n) is 4.02. The summed E-state index contributed by atoms with van der Waals surface area (Å²) in [5, 5.41) is 18.0. The van der Waals surface area contributed by atoms with Gasteiger partial charge in [0.2, 0.25) is 0 Å². The van der Waals surface area contributed by atoms with Crippen LogP contribution in [-0.4, -0.2) is 33.0 Å². The Labute approximate surface area is 169 Å². The van der Waals surface area contributed by atoms with Crippen molar-refractivity contribution in [1.82, 2.24) is 19.7 Å². The monoisotopic (exact) mass is 404 g/mol. The molecule has 4 heterocycles. The number of rotatable bonds is 4. The Kier molecular flexibility index (Phi) is 4.22. The number of benzene rings is 1. The highest BCUT2D eigenvalue weighted by Gasteiger charge is 2.39. The molecule has 1 aliphatic heterocycles. The molecule has 3 aromatic heterocycles. The molecule has 150 valence electrons. The number of fused-ring (bicyclic) bond motifs is 2. The van der Waals surface area contributed by atoms with Gasteiger partial charge in [0.05, 0.1) is 35.8 Å². The number of hydrogen-bond donors (Lipinski definition) is 2. The second-order valence-electron chi connectivity index (χ2n) is 7.31. The normalized spacial score (nSPS) is 18.7. The zero-order valence-corrected chi connectivity index (χ0v) is 15.9. The van der Waals surface area contributed by atoms with Crippen LogP contribution in [0.3, 0.4) is 0 Å². The molecule has 8 nitrogen and oxygen atoms in total. The maximum Gasteiger partial charge on any atom is 0.261 e. The van der Waals surface area contributed by atoms with Gasteiger partial charge in [-0.05, 0) is 30.7 Å². The van der Waals surface area contributed by atoms with E-state index in [2.05, 4.69) is 26.5 Å². The predicted octanol–water partition coefficient (Wildman–Crippen LogP) is 3.18. The van der Waals surface area contributed by atoms with Crippen LogP contribution in [0.25, 0.3) is 21.8 Å². The highest BCUT2D eigenvalue weighted by molar-refractivity contribution is 5.97. The van der Waals surface area contributed by atoms with Gasteiger partial charge in [0.25, 0.3) is 5.56 Å². The van der Waals surface area contributed by atoms with Crippen molar-refractivity contribution in [2.24, 2.45) is 0 Å². The van der Waals surface area contributed by atoms with Crippen molar-refractivity contribution in [1.29, 1.82) is 5.26 Å². The lowest BCUT2D eigenvalue weighted by atomic mass is 9.95. The van der Waals surface area contributed by atoms with E-state index in [-0.39, 0.29) is 17.8 Å². The predicted molar refractivity (Wildman–Crippen MR) is 109 cm³/mol. The number of pyridine rings is 2. The number of ether oxygens (including phenoxy) is 1. The van der Waals surface area contributed by atoms with Crippen LogP contribution in [0.4, 0.5) is 15.9 Å². The lowest BCUT2D eigenvalue weighted by molar-refractivity contribution is 0.151. The fourth-order valence-corrected chi connectivity index (χ4v) is 4.02. The average molecular weight is 404 g/mol. The van der Waals surface area contributed by atoms with Crippen molar-refractivity contribution in [2.75, 3.05) is 18.5 Å². The summed E-state index contributed by atoms with van der Waals surface area (Å²) in [5.74, 6) is -0.0670. The minimum atomic E-state index is -0.649. The number of nitrogens with zero attached hydrogens (tertiary/aromatic N) is 4. The quantitative estimate of drug-likeness (QED) is 0.541. The number of nitrogens with one attached hydrogen (secondary N) is 2. The summed E-state index contributed by atoms with van der Waals surface area (Å²) in [7, 11) is 0. The van der Waals surface area contributed by atoms with Crippen LogP contribution in [0.5, 0.6) is 0 Å². The Balaban J connectivity index is 1.71. The summed E-state index contributed by atoms with van der Waals surface area (Å²) < 4.78 is 21.5. The van der Waals surface area contributed by atoms with Crippen LogP contribution < -0.4 is 10.9 Å². The number of anilines is 2. The maximum atomic E-state index is 14.2. The molecule has 9 heteroatoms. The molecular formula is C21H17FN6O2. The second-order valence-corrected chi connectivity index (χ2v) is 7.31. The lowest BCUT2D eigenvalue weighted by Gasteiger charge is -2.25. The maximum absolute atomic E-state index is 14.2. The molecule has 1 saturated heterocycles. The van der Waals surface area contributed by atoms with Crippen molar-refractivity contribution in [3.8, 4) is 6.07 Å². The molecule has 30 heavy (non-hydrogen) atoms. The van der Waals surface area contributed by atoms with Crippen LogP contribution in [0, 0.1) is 17.1 Å². The van der Waals surface area contributed by atoms with Crippen molar-refractivity contribution in [3.63, 3.8) is 0 Å². The molecule has 1 aromatic carbocycles. The summed E-state index contributed by atoms with van der Waals surface area (Å²) in [6, 6.07) is 10.4. The van der Waals surface area contributed by atoms with E-state index in [9.17, 15) is 14.4 Å². The Bertz CT molecular complexity index is 1360. The van der Waals surface area contributed by atoms with Gasteiger partial charge in [0.1, 0.15) is 16.7 Å². The second kappa shape index (κ2) is 6.93. The molecule has 0 amide bonds. The number of para-hydroxylation sites is 1. The Morgan fingerprint density at radius 3 is 3.07 bits per heavy atom. The first-order valence-electron chi connectivity index (χ1n) is 9.49. The first-order chi connectivity index (χ1) is 14.6. The van der Waals surface area contributed by atoms with Gasteiger partial charge in [0.15, 0.2) is 5.82 Å². The highest BCUT2D eigenvalue weighted by atomic mass is 19.1. The van der Waals surface area contributed by atoms with Crippen molar-refractivity contribution >= 4 is 33.3 Å². The molecule has 0 spiro atoms. The zero-order valence-electron chi connectivity index (χ0n) is 15.9. The lowest BCUT2D eigenvalue weighted by Crippen LogP contribution is -2.34. The summed E-state index contributed by atoms with van der Waals surface area (Å²) in [5.41, 5.74) is 0.597. The Morgan fingerprint density at radius 2 is 2.27 bits per heavy atom. The molecule has 0 radical (unpaired) electrons. The van der Waals surface area contributed by atoms with Gasteiger partial charge in [-0.3, -0.25) is 14.5 Å². The number of hydrogen-bond acceptors (Lipinski definition) is 6. The molecule has 5 rings (SSSR count). The number of halogens is 1. The molecule has 1 atom stereocenters. The molecule has 2 N–H and O–H groups in total. The van der Waals surface area contributed by atoms with E-state index in [1.807, 2.05) is 0 Å². The van der Waals surface area contributed by atoms with Crippen LogP contribution in [-0.2, 0) is 10.3 Å². The van der Waals surface area contributed by atoms with E-state index < -0.39 is 5.54 Å². The summed E-state index contributed by atoms with van der Waals surface area (Å²) >= 11 is 0. The van der Waals surface area contributed by atoms with E-state index in [0.29, 0.717) is 52.9 Å². The Morgan fingerprint density at radius 1 is 1.37 bits per heavy atom. The molecule has 4 aromatic rings. The van der Waals surface area contributed by atoms with Crippen molar-refractivity contribution < 1.29 is 9.13 Å². The standard InChI is InChI=1S/C21H17FN6O2/c22-14-4-9-24-18-13(14)2-1-3-15(18)26-19-17-16(5-10-25-20(17)29)28(27-19)21(6-8-23)7-11-30-12-21/h1-5,9-10H,6-7,11-12H2,(H,25,29)(H,26,27). The fraction of sp³-hybridized carbons (Fsp3) is 0.238. The molecule has 0 aliphatic carbocycles. The van der Waals surface area contributed by atoms with Gasteiger partial charge >= 0.3 is 0 Å². The van der Waals surface area contributed by atoms with Crippen LogP contribution >= 0.6 is 0 Å². The number of aromatic nitrogens is 4. The number of aromatic amines is 1. The molecule has 1 aliphatic rings. The summed E-state index contributed by atoms with van der Waals surface area (Å²) in [6.07, 6.45) is 3.77. The minimum Gasteiger partial charge on any atom is -0.379 e. The minimum absolute atomic E-state index is 0.205. The van der Waals surface area contributed by atoms with Crippen LogP contribution in [0.15, 0.2) is 47.5 Å². The van der Waals surface area contributed by atoms with E-state index >= 15 is 0 Å². The zero-order chi connectivity index (χ0) is 20.7. The Hall–Kier alpha value is -3.77. The molecule has 1 fully saturated rings. The van der Waals surface area contributed by atoms with Gasteiger partial charge in [-0.25, -0.2) is 4.39 Å². The van der Waals surface area contributed by atoms with Crippen molar-refractivity contribution in [2.45, 2.75) is 18.4 Å². The van der Waals surface area contributed by atoms with E-state index in [1.54, 1.807) is 35.1 Å². The summed E-state index contributed by atoms with van der Waals surface area (Å²) in [4.78, 5) is 19.6. The molecule has 0 saturated carbocycles. The third kappa shape index (κ3) is 2.73. The van der Waals surface area contributed by atoms with Gasteiger partial charge in [-0.15, -0.1) is 0 Å². The molecule has 1 unspecified atom stereocenters. The van der Waals surface area contributed by atoms with E-state index in [4.69, 9.17) is 4.74 Å². The van der Waals surface area contributed by atoms with Gasteiger partial charge in [-0.1, -0.05) is 6.07 Å². The average Bonchev–Trinajstić information content (AvgIpc) is 3.36. The SMILES string of the molecule is N#CCC1(n2nc(Nc3cccc4c(F)ccnc34)c3c(=O)[nH]ccc32)CCOC1. The van der Waals surface area contributed by atoms with Crippen LogP contribution in [0.1, 0.15) is 12.8 Å². The topological polar surface area (TPSA) is 109 Å². The van der Waals surface area contributed by atoms with Gasteiger partial charge in [0, 0.05) is 24.4 Å². The van der Waals surface area contributed by atoms with Gasteiger partial charge < -0.3 is 15.0 Å². The first kappa shape index (κ1) is 18.3. The third-order valence-electron chi connectivity index (χ3n) is 5.51. The largest absolute Gasteiger partial charge is 0.379 e. The smallest absolute Gasteiger partial charge is 0.261 e. The van der Waals surface area contributed by atoms with E-state index in [0.717, 1.165) is 0 Å². The number of H-pyrrole nitrogens is 1. The highest BCUT2D eigenvalue weighted by Crippen LogP contribution is 2.36.